The van der Waals surface area contributed by atoms with Crippen molar-refractivity contribution >= 4 is 16.6 Å². The molecular formula is C24H26N2O2. The molecule has 0 spiro atoms. The lowest BCUT2D eigenvalue weighted by molar-refractivity contribution is 0.103. The Balaban J connectivity index is 1.54. The molecule has 28 heavy (non-hydrogen) atoms. The molecule has 1 heterocycles. The lowest BCUT2D eigenvalue weighted by Crippen LogP contribution is -2.45. The smallest absolute Gasteiger partial charge is 0.193 e. The number of ether oxygens (including phenoxy) is 1. The number of hydrogen-bond donors (Lipinski definition) is 0. The van der Waals surface area contributed by atoms with Crippen LogP contribution in [0.3, 0.4) is 0 Å². The molecule has 0 N–H and O–H groups in total. The zero-order chi connectivity index (χ0) is 19.3. The Hall–Kier alpha value is -2.69. The van der Waals surface area contributed by atoms with Crippen LogP contribution in [0.1, 0.15) is 15.9 Å². The predicted octanol–water partition coefficient (Wildman–Crippen LogP) is 3.70. The maximum absolute atomic E-state index is 12.9. The van der Waals surface area contributed by atoms with Crippen molar-refractivity contribution in [3.8, 4) is 5.75 Å². The fourth-order valence-electron chi connectivity index (χ4n) is 3.64. The van der Waals surface area contributed by atoms with Gasteiger partial charge in [0.15, 0.2) is 5.78 Å². The lowest BCUT2D eigenvalue weighted by Gasteiger charge is -2.32. The molecule has 0 radical (unpaired) electrons. The highest BCUT2D eigenvalue weighted by Gasteiger charge is 2.15. The molecule has 0 aromatic heterocycles. The summed E-state index contributed by atoms with van der Waals surface area (Å²) in [5, 5.41) is 2.07. The summed E-state index contributed by atoms with van der Waals surface area (Å²) in [5.74, 6) is 0.807. The summed E-state index contributed by atoms with van der Waals surface area (Å²) in [6.07, 6.45) is 0. The summed E-state index contributed by atoms with van der Waals surface area (Å²) < 4.78 is 6.17. The van der Waals surface area contributed by atoms with Crippen LogP contribution in [-0.4, -0.2) is 62.0 Å². The van der Waals surface area contributed by atoms with Gasteiger partial charge in [-0.1, -0.05) is 54.6 Å². The normalized spacial score (nSPS) is 15.6. The Labute approximate surface area is 166 Å². The van der Waals surface area contributed by atoms with Gasteiger partial charge in [-0.05, 0) is 24.6 Å². The molecule has 0 atom stereocenters. The molecule has 0 aliphatic carbocycles. The van der Waals surface area contributed by atoms with Gasteiger partial charge in [-0.3, -0.25) is 9.69 Å². The van der Waals surface area contributed by atoms with E-state index in [9.17, 15) is 4.79 Å². The average molecular weight is 374 g/mol. The SMILES string of the molecule is CN1CCN(CCOc2cc(C(=O)c3ccccc3)cc3ccccc23)CC1. The molecule has 1 saturated heterocycles. The topological polar surface area (TPSA) is 32.8 Å². The third kappa shape index (κ3) is 4.24. The van der Waals surface area contributed by atoms with E-state index in [0.29, 0.717) is 17.7 Å². The second kappa shape index (κ2) is 8.55. The van der Waals surface area contributed by atoms with Crippen LogP contribution in [0.5, 0.6) is 5.75 Å². The summed E-state index contributed by atoms with van der Waals surface area (Å²) in [6, 6.07) is 21.3. The zero-order valence-corrected chi connectivity index (χ0v) is 16.3. The Morgan fingerprint density at radius 3 is 2.39 bits per heavy atom. The maximum atomic E-state index is 12.9. The molecule has 4 rings (SSSR count). The van der Waals surface area contributed by atoms with Gasteiger partial charge >= 0.3 is 0 Å². The number of nitrogens with zero attached hydrogens (tertiary/aromatic N) is 2. The quantitative estimate of drug-likeness (QED) is 0.616. The van der Waals surface area contributed by atoms with Crippen LogP contribution in [-0.2, 0) is 0 Å². The zero-order valence-electron chi connectivity index (χ0n) is 16.3. The summed E-state index contributed by atoms with van der Waals surface area (Å²) in [5.41, 5.74) is 1.36. The summed E-state index contributed by atoms with van der Waals surface area (Å²) >= 11 is 0. The van der Waals surface area contributed by atoms with Gasteiger partial charge in [0.1, 0.15) is 12.4 Å². The highest BCUT2D eigenvalue weighted by atomic mass is 16.5. The van der Waals surface area contributed by atoms with Crippen LogP contribution < -0.4 is 4.74 Å². The van der Waals surface area contributed by atoms with Gasteiger partial charge in [0.2, 0.25) is 0 Å². The highest BCUT2D eigenvalue weighted by Crippen LogP contribution is 2.29. The van der Waals surface area contributed by atoms with E-state index in [1.54, 1.807) is 0 Å². The minimum absolute atomic E-state index is 0.0234. The third-order valence-corrected chi connectivity index (χ3v) is 5.38. The molecule has 4 heteroatoms. The van der Waals surface area contributed by atoms with E-state index in [1.165, 1.54) is 0 Å². The van der Waals surface area contributed by atoms with E-state index in [1.807, 2.05) is 60.7 Å². The number of likely N-dealkylation sites (N-methyl/N-ethyl adjacent to an activating group) is 1. The highest BCUT2D eigenvalue weighted by molar-refractivity contribution is 6.11. The van der Waals surface area contributed by atoms with E-state index in [0.717, 1.165) is 49.2 Å². The molecular weight excluding hydrogens is 348 g/mol. The van der Waals surface area contributed by atoms with Gasteiger partial charge in [-0.25, -0.2) is 0 Å². The van der Waals surface area contributed by atoms with Gasteiger partial charge in [-0.2, -0.15) is 0 Å². The molecule has 0 amide bonds. The number of carbonyl (C=O) groups excluding carboxylic acids is 1. The number of benzene rings is 3. The summed E-state index contributed by atoms with van der Waals surface area (Å²) in [6.45, 7) is 5.88. The van der Waals surface area contributed by atoms with Crippen molar-refractivity contribution in [3.05, 3.63) is 77.9 Å². The number of fused-ring (bicyclic) bond motifs is 1. The average Bonchev–Trinajstić information content (AvgIpc) is 2.75. The number of hydrogen-bond acceptors (Lipinski definition) is 4. The molecule has 1 aliphatic rings. The first-order valence-corrected chi connectivity index (χ1v) is 9.87. The Kier molecular flexibility index (Phi) is 5.70. The van der Waals surface area contributed by atoms with Crippen LogP contribution in [0.15, 0.2) is 66.7 Å². The molecule has 1 aliphatic heterocycles. The van der Waals surface area contributed by atoms with E-state index >= 15 is 0 Å². The minimum Gasteiger partial charge on any atom is -0.492 e. The molecule has 0 saturated carbocycles. The van der Waals surface area contributed by atoms with Gasteiger partial charge in [-0.15, -0.1) is 0 Å². The standard InChI is InChI=1S/C24H26N2O2/c1-25-11-13-26(14-12-25)15-16-28-23-18-21(17-20-9-5-6-10-22(20)23)24(27)19-7-3-2-4-8-19/h2-10,17-18H,11-16H2,1H3. The minimum atomic E-state index is 0.0234. The monoisotopic (exact) mass is 374 g/mol. The predicted molar refractivity (Wildman–Crippen MR) is 113 cm³/mol. The van der Waals surface area contributed by atoms with Crippen molar-refractivity contribution in [3.63, 3.8) is 0 Å². The van der Waals surface area contributed by atoms with Crippen LogP contribution in [0.2, 0.25) is 0 Å². The fourth-order valence-corrected chi connectivity index (χ4v) is 3.64. The second-order valence-corrected chi connectivity index (χ2v) is 7.38. The third-order valence-electron chi connectivity index (χ3n) is 5.38. The molecule has 0 bridgehead atoms. The van der Waals surface area contributed by atoms with Gasteiger partial charge in [0, 0.05) is 49.2 Å². The summed E-state index contributed by atoms with van der Waals surface area (Å²) in [7, 11) is 2.16. The molecule has 0 unspecified atom stereocenters. The van der Waals surface area contributed by atoms with Crippen molar-refractivity contribution in [1.29, 1.82) is 0 Å². The van der Waals surface area contributed by atoms with E-state index in [2.05, 4.69) is 22.9 Å². The molecule has 144 valence electrons. The van der Waals surface area contributed by atoms with Crippen LogP contribution in [0.4, 0.5) is 0 Å². The van der Waals surface area contributed by atoms with Gasteiger partial charge in [0.25, 0.3) is 0 Å². The Morgan fingerprint density at radius 2 is 1.61 bits per heavy atom. The van der Waals surface area contributed by atoms with Crippen molar-refractivity contribution in [2.24, 2.45) is 0 Å². The van der Waals surface area contributed by atoms with Crippen molar-refractivity contribution in [1.82, 2.24) is 9.80 Å². The number of ketones is 1. The fraction of sp³-hybridized carbons (Fsp3) is 0.292. The summed E-state index contributed by atoms with van der Waals surface area (Å²) in [4.78, 5) is 17.7. The van der Waals surface area contributed by atoms with E-state index < -0.39 is 0 Å². The van der Waals surface area contributed by atoms with Crippen molar-refractivity contribution < 1.29 is 9.53 Å². The largest absolute Gasteiger partial charge is 0.492 e. The first-order chi connectivity index (χ1) is 13.7. The first kappa shape index (κ1) is 18.7. The van der Waals surface area contributed by atoms with Crippen LogP contribution in [0, 0.1) is 0 Å². The molecule has 3 aromatic rings. The molecule has 4 nitrogen and oxygen atoms in total. The van der Waals surface area contributed by atoms with Crippen LogP contribution in [0.25, 0.3) is 10.8 Å². The molecule has 3 aromatic carbocycles. The molecule has 1 fully saturated rings. The Bertz CT molecular complexity index is 947. The van der Waals surface area contributed by atoms with Gasteiger partial charge in [0.05, 0.1) is 0 Å². The van der Waals surface area contributed by atoms with E-state index in [-0.39, 0.29) is 5.78 Å². The lowest BCUT2D eigenvalue weighted by atomic mass is 9.99. The number of carbonyl (C=O) groups is 1. The second-order valence-electron chi connectivity index (χ2n) is 7.38. The van der Waals surface area contributed by atoms with E-state index in [4.69, 9.17) is 4.74 Å². The number of rotatable bonds is 6. The maximum Gasteiger partial charge on any atom is 0.193 e. The first-order valence-electron chi connectivity index (χ1n) is 9.87. The van der Waals surface area contributed by atoms with Gasteiger partial charge < -0.3 is 9.64 Å². The van der Waals surface area contributed by atoms with Crippen molar-refractivity contribution in [2.45, 2.75) is 0 Å². The number of piperazine rings is 1. The van der Waals surface area contributed by atoms with Crippen LogP contribution >= 0.6 is 0 Å². The Morgan fingerprint density at radius 1 is 0.893 bits per heavy atom. The van der Waals surface area contributed by atoms with Crippen molar-refractivity contribution in [2.75, 3.05) is 46.4 Å².